The molecule has 0 heterocycles. The van der Waals surface area contributed by atoms with Crippen LogP contribution in [0.3, 0.4) is 0 Å². The minimum absolute atomic E-state index is 0.116. The Balaban J connectivity index is 2.37. The largest absolute Gasteiger partial charge is 0.328 e. The predicted octanol–water partition coefficient (Wildman–Crippen LogP) is 0.478. The lowest BCUT2D eigenvalue weighted by Crippen LogP contribution is -2.78. The Morgan fingerprint density at radius 2 is 1.35 bits per heavy atom. The first-order valence-electron chi connectivity index (χ1n) is 6.17. The van der Waals surface area contributed by atoms with E-state index in [0.717, 1.165) is 11.1 Å². The summed E-state index contributed by atoms with van der Waals surface area (Å²) in [4.78, 5) is 0.193. The van der Waals surface area contributed by atoms with Crippen LogP contribution >= 0.6 is 0 Å². The summed E-state index contributed by atoms with van der Waals surface area (Å²) in [6, 6.07) is 13.9. The van der Waals surface area contributed by atoms with Gasteiger partial charge in [0.2, 0.25) is 0 Å². The Labute approximate surface area is 119 Å². The summed E-state index contributed by atoms with van der Waals surface area (Å²) >= 11 is 0. The van der Waals surface area contributed by atoms with Gasteiger partial charge in [-0.1, -0.05) is 35.4 Å². The van der Waals surface area contributed by atoms with Gasteiger partial charge in [0.25, 0.3) is 5.84 Å². The lowest BCUT2D eigenvalue weighted by atomic mass is 10.1. The van der Waals surface area contributed by atoms with Gasteiger partial charge in [0.1, 0.15) is 4.90 Å². The number of nitrogen functional groups attached to an aromatic ring is 1. The van der Waals surface area contributed by atoms with E-state index in [1.165, 1.54) is 0 Å². The van der Waals surface area contributed by atoms with Crippen molar-refractivity contribution in [3.05, 3.63) is 65.2 Å². The maximum Gasteiger partial charge on any atom is 0.328 e. The zero-order valence-corrected chi connectivity index (χ0v) is 12.2. The maximum absolute atomic E-state index is 12.2. The van der Waals surface area contributed by atoms with Gasteiger partial charge in [-0.2, -0.15) is 12.8 Å². The Kier molecular flexibility index (Phi) is 3.90. The second-order valence-corrected chi connectivity index (χ2v) is 6.38. The standard InChI is InChI=1S/C15H16N2O2S/c1-11-3-7-13(8-4-11)15(16)17-20(18,19)14-9-5-12(2)6-10-14/h3-10H,1-2H3,(H2,16,17)/p+1. The molecule has 0 radical (unpaired) electrons. The van der Waals surface area contributed by atoms with Crippen molar-refractivity contribution in [2.24, 2.45) is 5.73 Å². The number of hydrogen-bond acceptors (Lipinski definition) is 2. The fourth-order valence-electron chi connectivity index (χ4n) is 1.71. The predicted molar refractivity (Wildman–Crippen MR) is 78.8 cm³/mol. The molecule has 0 spiro atoms. The van der Waals surface area contributed by atoms with E-state index in [1.807, 2.05) is 26.0 Å². The van der Waals surface area contributed by atoms with Crippen LogP contribution in [0.1, 0.15) is 16.7 Å². The molecule has 0 fully saturated rings. The summed E-state index contributed by atoms with van der Waals surface area (Å²) in [5, 5.41) is 0. The molecule has 0 aliphatic heterocycles. The second-order valence-electron chi connectivity index (χ2n) is 4.70. The number of benzene rings is 2. The topological polar surface area (TPSA) is 74.1 Å². The molecule has 2 aromatic carbocycles. The van der Waals surface area contributed by atoms with Crippen molar-refractivity contribution >= 4 is 15.9 Å². The molecule has 104 valence electrons. The lowest BCUT2D eigenvalue weighted by molar-refractivity contribution is -0.268. The van der Waals surface area contributed by atoms with E-state index in [0.29, 0.717) is 5.56 Å². The fraction of sp³-hybridized carbons (Fsp3) is 0.133. The van der Waals surface area contributed by atoms with E-state index in [-0.39, 0.29) is 10.7 Å². The van der Waals surface area contributed by atoms with E-state index in [1.54, 1.807) is 36.4 Å². The van der Waals surface area contributed by atoms with Gasteiger partial charge in [-0.3, -0.25) is 5.73 Å². The molecule has 0 atom stereocenters. The first-order chi connectivity index (χ1) is 9.38. The van der Waals surface area contributed by atoms with Crippen LogP contribution in [-0.2, 0) is 10.0 Å². The van der Waals surface area contributed by atoms with E-state index in [2.05, 4.69) is 4.40 Å². The van der Waals surface area contributed by atoms with Gasteiger partial charge < -0.3 is 0 Å². The number of sulfonamides is 1. The molecule has 0 unspecified atom stereocenters. The molecule has 3 N–H and O–H groups in total. The summed E-state index contributed by atoms with van der Waals surface area (Å²) in [6.07, 6.45) is 0. The molecule has 0 bridgehead atoms. The minimum Gasteiger partial charge on any atom is -0.286 e. The Morgan fingerprint density at radius 3 is 1.85 bits per heavy atom. The number of rotatable bonds is 3. The van der Waals surface area contributed by atoms with Crippen molar-refractivity contribution in [2.45, 2.75) is 18.7 Å². The third kappa shape index (κ3) is 3.24. The highest BCUT2D eigenvalue weighted by Crippen LogP contribution is 2.06. The summed E-state index contributed by atoms with van der Waals surface area (Å²) in [7, 11) is -3.65. The molecule has 2 rings (SSSR count). The molecule has 0 amide bonds. The summed E-state index contributed by atoms with van der Waals surface area (Å²) in [5.41, 5.74) is 8.56. The average Bonchev–Trinajstić information content (AvgIpc) is 2.39. The van der Waals surface area contributed by atoms with Crippen LogP contribution in [0.5, 0.6) is 0 Å². The highest BCUT2D eigenvalue weighted by Gasteiger charge is 2.17. The zero-order valence-electron chi connectivity index (χ0n) is 11.4. The maximum atomic E-state index is 12.2. The van der Waals surface area contributed by atoms with Crippen molar-refractivity contribution in [2.75, 3.05) is 0 Å². The van der Waals surface area contributed by atoms with Gasteiger partial charge in [-0.15, -0.1) is 0 Å². The molecule has 5 heteroatoms. The monoisotopic (exact) mass is 289 g/mol. The third-order valence-electron chi connectivity index (χ3n) is 2.94. The van der Waals surface area contributed by atoms with Crippen LogP contribution in [0.15, 0.2) is 53.4 Å². The van der Waals surface area contributed by atoms with E-state index < -0.39 is 10.0 Å². The number of aryl methyl sites for hydroxylation is 2. The smallest absolute Gasteiger partial charge is 0.286 e. The molecule has 0 aliphatic carbocycles. The van der Waals surface area contributed by atoms with Crippen molar-refractivity contribution in [3.8, 4) is 0 Å². The van der Waals surface area contributed by atoms with E-state index in [4.69, 9.17) is 5.73 Å². The van der Waals surface area contributed by atoms with Gasteiger partial charge in [0.15, 0.2) is 0 Å². The summed E-state index contributed by atoms with van der Waals surface area (Å²) < 4.78 is 26.8. The van der Waals surface area contributed by atoms with Crippen LogP contribution < -0.4 is 10.1 Å². The number of nitrogens with one attached hydrogen (secondary N) is 1. The normalized spacial score (nSPS) is 12.4. The van der Waals surface area contributed by atoms with Crippen LogP contribution in [0.25, 0.3) is 0 Å². The molecule has 0 aromatic heterocycles. The van der Waals surface area contributed by atoms with Gasteiger partial charge in [0.05, 0.1) is 5.56 Å². The highest BCUT2D eigenvalue weighted by atomic mass is 32.2. The first-order valence-corrected chi connectivity index (χ1v) is 7.66. The van der Waals surface area contributed by atoms with Crippen LogP contribution in [0, 0.1) is 13.8 Å². The Bertz CT molecular complexity index is 730. The van der Waals surface area contributed by atoms with Crippen molar-refractivity contribution in [1.29, 1.82) is 0 Å². The van der Waals surface area contributed by atoms with Gasteiger partial charge in [-0.05, 0) is 38.1 Å². The van der Waals surface area contributed by atoms with Crippen molar-refractivity contribution < 1.29 is 12.8 Å². The second kappa shape index (κ2) is 5.46. The molecule has 0 saturated heterocycles. The van der Waals surface area contributed by atoms with Crippen molar-refractivity contribution in [3.63, 3.8) is 0 Å². The van der Waals surface area contributed by atoms with E-state index in [9.17, 15) is 8.42 Å². The molecular weight excluding hydrogens is 272 g/mol. The van der Waals surface area contributed by atoms with Gasteiger partial charge in [0, 0.05) is 0 Å². The average molecular weight is 289 g/mol. The first kappa shape index (κ1) is 14.3. The van der Waals surface area contributed by atoms with Crippen LogP contribution in [0.2, 0.25) is 0 Å². The number of hydrogen-bond donors (Lipinski definition) is 2. The summed E-state index contributed by atoms with van der Waals surface area (Å²) in [5.74, 6) is 0.116. The number of nitrogens with two attached hydrogens (primary N) is 1. The molecule has 0 saturated carbocycles. The van der Waals surface area contributed by atoms with Crippen molar-refractivity contribution in [1.82, 2.24) is 0 Å². The molecule has 0 aliphatic rings. The Morgan fingerprint density at radius 1 is 0.900 bits per heavy atom. The molecular formula is C15H17N2O2S+. The van der Waals surface area contributed by atoms with Gasteiger partial charge >= 0.3 is 10.0 Å². The molecule has 2 aromatic rings. The third-order valence-corrected chi connectivity index (χ3v) is 4.32. The Hall–Kier alpha value is -2.14. The summed E-state index contributed by atoms with van der Waals surface area (Å²) in [6.45, 7) is 3.85. The molecule has 20 heavy (non-hydrogen) atoms. The van der Waals surface area contributed by atoms with Crippen LogP contribution in [0.4, 0.5) is 0 Å². The molecule has 4 nitrogen and oxygen atoms in total. The lowest BCUT2D eigenvalue weighted by Gasteiger charge is -2.00. The minimum atomic E-state index is -3.65. The fourth-order valence-corrected chi connectivity index (χ4v) is 2.73. The quantitative estimate of drug-likeness (QED) is 0.637. The highest BCUT2D eigenvalue weighted by molar-refractivity contribution is 7.84. The van der Waals surface area contributed by atoms with E-state index >= 15 is 0 Å². The zero-order chi connectivity index (χ0) is 14.8. The SMILES string of the molecule is Cc1ccc(C(N)=[NH+]S(=O)(=O)c2ccc(C)cc2)cc1. The van der Waals surface area contributed by atoms with Crippen LogP contribution in [-0.4, -0.2) is 14.3 Å². The van der Waals surface area contributed by atoms with Gasteiger partial charge in [-0.25, -0.2) is 0 Å². The number of amidine groups is 1.